The van der Waals surface area contributed by atoms with E-state index in [2.05, 4.69) is 34.1 Å². The molecule has 0 aromatic heterocycles. The average molecular weight is 454 g/mol. The van der Waals surface area contributed by atoms with Gasteiger partial charge in [-0.2, -0.15) is 0 Å². The van der Waals surface area contributed by atoms with Gasteiger partial charge in [-0.3, -0.25) is 24.7 Å². The van der Waals surface area contributed by atoms with Crippen LogP contribution in [0.5, 0.6) is 0 Å². The fourth-order valence-corrected chi connectivity index (χ4v) is 4.58. The molecule has 0 N–H and O–H groups in total. The highest BCUT2D eigenvalue weighted by Gasteiger charge is 2.44. The van der Waals surface area contributed by atoms with Gasteiger partial charge in [0, 0.05) is 56.9 Å². The average Bonchev–Trinajstić information content (AvgIpc) is 2.82. The predicted octanol–water partition coefficient (Wildman–Crippen LogP) is 4.14. The van der Waals surface area contributed by atoms with E-state index in [-0.39, 0.29) is 10.9 Å². The Labute approximate surface area is 196 Å². The van der Waals surface area contributed by atoms with Crippen molar-refractivity contribution in [3.63, 3.8) is 0 Å². The standard InChI is InChI=1S/C26H35N3O4/c1-33-25(30)14-8-9-15-26(29(31)32)16-17-27(20-23-10-4-2-5-11-23)18-19-28(22-26)21-24-12-6-3-7-13-24/h2-7,10-13H,8-9,14-22H2,1H3. The van der Waals surface area contributed by atoms with Crippen LogP contribution in [-0.4, -0.2) is 59.5 Å². The van der Waals surface area contributed by atoms with Crippen molar-refractivity contribution in [1.29, 1.82) is 0 Å². The summed E-state index contributed by atoms with van der Waals surface area (Å²) in [5.74, 6) is -0.262. The molecule has 0 saturated carbocycles. The second-order valence-electron chi connectivity index (χ2n) is 8.97. The number of benzene rings is 2. The second kappa shape index (κ2) is 12.5. The quantitative estimate of drug-likeness (QED) is 0.233. The van der Waals surface area contributed by atoms with Crippen LogP contribution in [0.2, 0.25) is 0 Å². The van der Waals surface area contributed by atoms with Crippen molar-refractivity contribution in [3.8, 4) is 0 Å². The van der Waals surface area contributed by atoms with Crippen LogP contribution in [0.15, 0.2) is 60.7 Å². The first-order valence-electron chi connectivity index (χ1n) is 11.7. The number of hydrogen-bond donors (Lipinski definition) is 0. The smallest absolute Gasteiger partial charge is 0.305 e. The predicted molar refractivity (Wildman–Crippen MR) is 128 cm³/mol. The van der Waals surface area contributed by atoms with Crippen LogP contribution in [0.25, 0.3) is 0 Å². The van der Waals surface area contributed by atoms with Crippen LogP contribution < -0.4 is 0 Å². The van der Waals surface area contributed by atoms with Crippen LogP contribution >= 0.6 is 0 Å². The normalized spacial score (nSPS) is 20.0. The lowest BCUT2D eigenvalue weighted by Gasteiger charge is -2.37. The summed E-state index contributed by atoms with van der Waals surface area (Å²) in [6.07, 6.45) is 2.50. The van der Waals surface area contributed by atoms with E-state index in [4.69, 9.17) is 4.74 Å². The van der Waals surface area contributed by atoms with Gasteiger partial charge in [-0.25, -0.2) is 0 Å². The van der Waals surface area contributed by atoms with Crippen LogP contribution in [0, 0.1) is 10.1 Å². The summed E-state index contributed by atoms with van der Waals surface area (Å²) >= 11 is 0. The summed E-state index contributed by atoms with van der Waals surface area (Å²) < 4.78 is 4.72. The maximum atomic E-state index is 12.5. The molecule has 1 fully saturated rings. The Kier molecular flexibility index (Phi) is 9.39. The Morgan fingerprint density at radius 1 is 0.939 bits per heavy atom. The summed E-state index contributed by atoms with van der Waals surface area (Å²) in [4.78, 5) is 28.4. The lowest BCUT2D eigenvalue weighted by molar-refractivity contribution is -0.574. The second-order valence-corrected chi connectivity index (χ2v) is 8.97. The number of carbonyl (C=O) groups is 1. The zero-order valence-corrected chi connectivity index (χ0v) is 19.5. The van der Waals surface area contributed by atoms with E-state index in [1.807, 2.05) is 36.4 Å². The van der Waals surface area contributed by atoms with Crippen molar-refractivity contribution >= 4 is 5.97 Å². The van der Waals surface area contributed by atoms with E-state index in [1.165, 1.54) is 12.7 Å². The van der Waals surface area contributed by atoms with E-state index in [0.29, 0.717) is 51.7 Å². The number of rotatable bonds is 10. The molecule has 0 radical (unpaired) electrons. The van der Waals surface area contributed by atoms with Crippen LogP contribution in [0.4, 0.5) is 0 Å². The minimum atomic E-state index is -1.03. The van der Waals surface area contributed by atoms with Gasteiger partial charge in [0.25, 0.3) is 0 Å². The number of nitro groups is 1. The molecule has 1 atom stereocenters. The molecule has 1 heterocycles. The molecule has 0 aliphatic carbocycles. The van der Waals surface area contributed by atoms with Gasteiger partial charge < -0.3 is 4.74 Å². The molecule has 2 aromatic carbocycles. The number of ether oxygens (including phenoxy) is 1. The van der Waals surface area contributed by atoms with Crippen LogP contribution in [0.1, 0.15) is 43.2 Å². The Balaban J connectivity index is 1.75. The van der Waals surface area contributed by atoms with Gasteiger partial charge in [-0.15, -0.1) is 0 Å². The summed E-state index contributed by atoms with van der Waals surface area (Å²) in [5.41, 5.74) is 1.35. The molecule has 0 bridgehead atoms. The molecule has 0 amide bonds. The summed E-state index contributed by atoms with van der Waals surface area (Å²) in [6.45, 7) is 4.24. The maximum absolute atomic E-state index is 12.5. The molecular formula is C26H35N3O4. The Morgan fingerprint density at radius 3 is 2.09 bits per heavy atom. The molecule has 2 aromatic rings. The van der Waals surface area contributed by atoms with E-state index in [1.54, 1.807) is 0 Å². The highest BCUT2D eigenvalue weighted by molar-refractivity contribution is 5.68. The fourth-order valence-electron chi connectivity index (χ4n) is 4.58. The zero-order valence-electron chi connectivity index (χ0n) is 19.5. The molecule has 1 unspecified atom stereocenters. The number of nitrogens with zero attached hydrogens (tertiary/aromatic N) is 3. The molecule has 7 heteroatoms. The number of methoxy groups -OCH3 is 1. The van der Waals surface area contributed by atoms with Gasteiger partial charge in [-0.05, 0) is 24.0 Å². The Hall–Kier alpha value is -2.77. The van der Waals surface area contributed by atoms with Gasteiger partial charge in [0.1, 0.15) is 0 Å². The lowest BCUT2D eigenvalue weighted by Crippen LogP contribution is -2.54. The highest BCUT2D eigenvalue weighted by Crippen LogP contribution is 2.28. The van der Waals surface area contributed by atoms with Crippen molar-refractivity contribution in [1.82, 2.24) is 9.80 Å². The number of hydrogen-bond acceptors (Lipinski definition) is 6. The third-order valence-electron chi connectivity index (χ3n) is 6.53. The first kappa shape index (κ1) is 24.9. The SMILES string of the molecule is COC(=O)CCCCC1([N+](=O)[O-])CCN(Cc2ccccc2)CCN(Cc2ccccc2)C1. The van der Waals surface area contributed by atoms with Crippen LogP contribution in [-0.2, 0) is 22.6 Å². The first-order chi connectivity index (χ1) is 16.0. The van der Waals surface area contributed by atoms with Gasteiger partial charge in [0.2, 0.25) is 5.54 Å². The van der Waals surface area contributed by atoms with Crippen molar-refractivity contribution in [2.24, 2.45) is 0 Å². The monoisotopic (exact) mass is 453 g/mol. The molecular weight excluding hydrogens is 418 g/mol. The largest absolute Gasteiger partial charge is 0.469 e. The van der Waals surface area contributed by atoms with Gasteiger partial charge in [-0.1, -0.05) is 60.7 Å². The third kappa shape index (κ3) is 7.65. The molecule has 0 spiro atoms. The van der Waals surface area contributed by atoms with E-state index in [9.17, 15) is 14.9 Å². The zero-order chi connectivity index (χ0) is 23.5. The van der Waals surface area contributed by atoms with Crippen LogP contribution in [0.3, 0.4) is 0 Å². The number of carbonyl (C=O) groups excluding carboxylic acids is 1. The number of esters is 1. The van der Waals surface area contributed by atoms with E-state index < -0.39 is 5.54 Å². The minimum Gasteiger partial charge on any atom is -0.469 e. The molecule has 33 heavy (non-hydrogen) atoms. The summed E-state index contributed by atoms with van der Waals surface area (Å²) in [7, 11) is 1.37. The van der Waals surface area contributed by atoms with Gasteiger partial charge >= 0.3 is 5.97 Å². The summed E-state index contributed by atoms with van der Waals surface area (Å²) in [5, 5.41) is 12.5. The fraction of sp³-hybridized carbons (Fsp3) is 0.500. The topological polar surface area (TPSA) is 75.9 Å². The van der Waals surface area contributed by atoms with E-state index >= 15 is 0 Å². The highest BCUT2D eigenvalue weighted by atomic mass is 16.6. The molecule has 1 aliphatic rings. The van der Waals surface area contributed by atoms with E-state index in [0.717, 1.165) is 25.2 Å². The minimum absolute atomic E-state index is 0.0604. The summed E-state index contributed by atoms with van der Waals surface area (Å²) in [6, 6.07) is 20.4. The Morgan fingerprint density at radius 2 is 1.52 bits per heavy atom. The Bertz CT molecular complexity index is 878. The molecule has 1 aliphatic heterocycles. The van der Waals surface area contributed by atoms with Crippen molar-refractivity contribution in [2.75, 3.05) is 33.3 Å². The third-order valence-corrected chi connectivity index (χ3v) is 6.53. The maximum Gasteiger partial charge on any atom is 0.305 e. The molecule has 3 rings (SSSR count). The molecule has 178 valence electrons. The van der Waals surface area contributed by atoms with Crippen molar-refractivity contribution in [3.05, 3.63) is 81.9 Å². The number of unbranched alkanes of at least 4 members (excludes halogenated alkanes) is 1. The molecule has 1 saturated heterocycles. The lowest BCUT2D eigenvalue weighted by atomic mass is 9.87. The van der Waals surface area contributed by atoms with Crippen molar-refractivity contribution < 1.29 is 14.5 Å². The van der Waals surface area contributed by atoms with Gasteiger partial charge in [0.15, 0.2) is 0 Å². The first-order valence-corrected chi connectivity index (χ1v) is 11.7. The van der Waals surface area contributed by atoms with Gasteiger partial charge in [0.05, 0.1) is 13.7 Å². The molecule has 7 nitrogen and oxygen atoms in total. The van der Waals surface area contributed by atoms with Crippen molar-refractivity contribution in [2.45, 2.75) is 50.7 Å².